The molecule has 0 aliphatic carbocycles. The zero-order valence-electron chi connectivity index (χ0n) is 6.91. The van der Waals surface area contributed by atoms with Crippen molar-refractivity contribution in [2.75, 3.05) is 0 Å². The average molecular weight is 341 g/mol. The van der Waals surface area contributed by atoms with Crippen LogP contribution in [0.1, 0.15) is 10.4 Å². The van der Waals surface area contributed by atoms with Crippen molar-refractivity contribution < 1.29 is 22.9 Å². The third-order valence-electron chi connectivity index (χ3n) is 1.29. The van der Waals surface area contributed by atoms with Crippen LogP contribution >= 0.6 is 0 Å². The van der Waals surface area contributed by atoms with Gasteiger partial charge >= 0.3 is 54.9 Å². The Morgan fingerprint density at radius 2 is 2.00 bits per heavy atom. The number of hydrogen-bond acceptors (Lipinski definition) is 4. The van der Waals surface area contributed by atoms with Crippen molar-refractivity contribution >= 4 is 65.0 Å². The number of aromatic nitrogens is 1. The monoisotopic (exact) mass is 341 g/mol. The molecule has 0 unspecified atom stereocenters. The maximum atomic E-state index is 10.6. The van der Waals surface area contributed by atoms with E-state index in [2.05, 4.69) is 4.98 Å². The Bertz CT molecular complexity index is 443. The van der Waals surface area contributed by atoms with Gasteiger partial charge in [0.1, 0.15) is 4.90 Å². The second-order valence-electron chi connectivity index (χ2n) is 2.15. The molecule has 0 bridgehead atoms. The first kappa shape index (κ1) is 14.1. The first-order chi connectivity index (χ1) is 5.93. The van der Waals surface area contributed by atoms with Crippen LogP contribution in [0, 0.1) is 0 Å². The topological polar surface area (TPSA) is 105 Å². The second kappa shape index (κ2) is 5.26. The molecule has 6 nitrogen and oxygen atoms in total. The van der Waals surface area contributed by atoms with Gasteiger partial charge in [-0.25, -0.2) is 4.79 Å². The SMILES string of the molecule is O=C(O)c1ccncc1S(=O)(=O)O.[Ba+2]. The minimum absolute atomic E-state index is 0. The van der Waals surface area contributed by atoms with Gasteiger partial charge in [-0.05, 0) is 6.07 Å². The molecule has 1 aromatic heterocycles. The Morgan fingerprint density at radius 3 is 2.36 bits per heavy atom. The van der Waals surface area contributed by atoms with E-state index in [1.54, 1.807) is 0 Å². The van der Waals surface area contributed by atoms with Gasteiger partial charge in [-0.3, -0.25) is 9.54 Å². The molecule has 1 rings (SSSR count). The van der Waals surface area contributed by atoms with E-state index in [1.807, 2.05) is 0 Å². The molecule has 0 aliphatic rings. The first-order valence-electron chi connectivity index (χ1n) is 3.07. The Morgan fingerprint density at radius 1 is 1.43 bits per heavy atom. The third kappa shape index (κ3) is 3.35. The molecule has 0 fully saturated rings. The van der Waals surface area contributed by atoms with E-state index < -0.39 is 26.5 Å². The molecule has 0 spiro atoms. The fourth-order valence-electron chi connectivity index (χ4n) is 0.762. The summed E-state index contributed by atoms with van der Waals surface area (Å²) in [6.07, 6.45) is 1.90. The van der Waals surface area contributed by atoms with Crippen molar-refractivity contribution in [2.45, 2.75) is 4.90 Å². The number of pyridine rings is 1. The number of carboxylic acid groups (broad SMARTS) is 1. The smallest absolute Gasteiger partial charge is 0.478 e. The standard InChI is InChI=1S/C6H5NO5S.Ba/c8-6(9)4-1-2-7-3-5(4)13(10,11)12;/h1-3H,(H,8,9)(H,10,11,12);/q;+2. The molecule has 0 saturated heterocycles. The maximum Gasteiger partial charge on any atom is 2.00 e. The van der Waals surface area contributed by atoms with Crippen molar-refractivity contribution in [1.82, 2.24) is 4.98 Å². The summed E-state index contributed by atoms with van der Waals surface area (Å²) < 4.78 is 29.8. The number of nitrogens with zero attached hydrogens (tertiary/aromatic N) is 1. The van der Waals surface area contributed by atoms with E-state index >= 15 is 0 Å². The minimum Gasteiger partial charge on any atom is -0.478 e. The quantitative estimate of drug-likeness (QED) is 0.563. The first-order valence-corrected chi connectivity index (χ1v) is 4.51. The zero-order chi connectivity index (χ0) is 10.1. The maximum absolute atomic E-state index is 10.6. The summed E-state index contributed by atoms with van der Waals surface area (Å²) in [5.74, 6) is -1.44. The van der Waals surface area contributed by atoms with Crippen LogP contribution in [0.5, 0.6) is 0 Å². The molecule has 0 aromatic carbocycles. The molecule has 0 atom stereocenters. The number of aromatic carboxylic acids is 1. The predicted octanol–water partition coefficient (Wildman–Crippen LogP) is -0.354. The van der Waals surface area contributed by atoms with Crippen LogP contribution < -0.4 is 0 Å². The van der Waals surface area contributed by atoms with Gasteiger partial charge in [0, 0.05) is 12.4 Å². The van der Waals surface area contributed by atoms with Crippen molar-refractivity contribution in [1.29, 1.82) is 0 Å². The van der Waals surface area contributed by atoms with Gasteiger partial charge in [-0.2, -0.15) is 8.42 Å². The molecule has 1 heterocycles. The number of hydrogen-bond donors (Lipinski definition) is 2. The van der Waals surface area contributed by atoms with Gasteiger partial charge in [0.05, 0.1) is 5.56 Å². The van der Waals surface area contributed by atoms with Crippen LogP contribution in [0.25, 0.3) is 0 Å². The van der Waals surface area contributed by atoms with Gasteiger partial charge in [-0.1, -0.05) is 0 Å². The largest absolute Gasteiger partial charge is 2.00 e. The van der Waals surface area contributed by atoms with Crippen LogP contribution in [-0.4, -0.2) is 77.9 Å². The molecule has 0 radical (unpaired) electrons. The Labute approximate surface area is 120 Å². The molecule has 2 N–H and O–H groups in total. The van der Waals surface area contributed by atoms with Gasteiger partial charge in [0.25, 0.3) is 10.1 Å². The molecule has 70 valence electrons. The van der Waals surface area contributed by atoms with Gasteiger partial charge < -0.3 is 5.11 Å². The molecule has 0 amide bonds. The number of carboxylic acids is 1. The molecule has 1 aromatic rings. The summed E-state index contributed by atoms with van der Waals surface area (Å²) in [6, 6.07) is 0.992. The minimum atomic E-state index is -4.52. The van der Waals surface area contributed by atoms with E-state index in [0.717, 1.165) is 18.5 Å². The van der Waals surface area contributed by atoms with E-state index in [1.165, 1.54) is 0 Å². The van der Waals surface area contributed by atoms with Crippen molar-refractivity contribution in [2.24, 2.45) is 0 Å². The zero-order valence-corrected chi connectivity index (χ0v) is 12.2. The van der Waals surface area contributed by atoms with Crippen LogP contribution in [0.2, 0.25) is 0 Å². The van der Waals surface area contributed by atoms with Crippen LogP contribution in [0.4, 0.5) is 0 Å². The predicted molar refractivity (Wildman–Crippen MR) is 46.8 cm³/mol. The van der Waals surface area contributed by atoms with Crippen molar-refractivity contribution in [3.05, 3.63) is 24.0 Å². The molecule has 0 aliphatic heterocycles. The summed E-state index contributed by atoms with van der Waals surface area (Å²) in [7, 11) is -4.52. The Balaban J connectivity index is 0.00000169. The van der Waals surface area contributed by atoms with Crippen molar-refractivity contribution in [3.8, 4) is 0 Å². The summed E-state index contributed by atoms with van der Waals surface area (Å²) in [5, 5.41) is 8.53. The molecular weight excluding hydrogens is 335 g/mol. The summed E-state index contributed by atoms with van der Waals surface area (Å²) in [4.78, 5) is 13.2. The average Bonchev–Trinajstić information content (AvgIpc) is 2.03. The van der Waals surface area contributed by atoms with E-state index in [0.29, 0.717) is 0 Å². The van der Waals surface area contributed by atoms with Gasteiger partial charge in [0.15, 0.2) is 0 Å². The Kier molecular flexibility index (Phi) is 5.30. The molecule has 14 heavy (non-hydrogen) atoms. The molecule has 0 saturated carbocycles. The molecule has 8 heteroatoms. The van der Waals surface area contributed by atoms with E-state index in [4.69, 9.17) is 9.66 Å². The third-order valence-corrected chi connectivity index (χ3v) is 2.17. The molecular formula is C6H5BaNO5S+2. The fraction of sp³-hybridized carbons (Fsp3) is 0. The van der Waals surface area contributed by atoms with Gasteiger partial charge in [-0.15, -0.1) is 0 Å². The number of carbonyl (C=O) groups is 1. The van der Waals surface area contributed by atoms with E-state index in [9.17, 15) is 13.2 Å². The van der Waals surface area contributed by atoms with Gasteiger partial charge in [0.2, 0.25) is 0 Å². The van der Waals surface area contributed by atoms with Crippen LogP contribution in [0.15, 0.2) is 23.4 Å². The normalized spacial score (nSPS) is 10.4. The van der Waals surface area contributed by atoms with Crippen LogP contribution in [-0.2, 0) is 10.1 Å². The summed E-state index contributed by atoms with van der Waals surface area (Å²) in [5.41, 5.74) is -0.502. The Hall–Kier alpha value is 0.101. The van der Waals surface area contributed by atoms with Crippen LogP contribution in [0.3, 0.4) is 0 Å². The van der Waals surface area contributed by atoms with Crippen molar-refractivity contribution in [3.63, 3.8) is 0 Å². The van der Waals surface area contributed by atoms with E-state index in [-0.39, 0.29) is 48.9 Å². The summed E-state index contributed by atoms with van der Waals surface area (Å²) >= 11 is 0. The number of rotatable bonds is 2. The fourth-order valence-corrected chi connectivity index (χ4v) is 1.39. The summed E-state index contributed by atoms with van der Waals surface area (Å²) in [6.45, 7) is 0. The second-order valence-corrected chi connectivity index (χ2v) is 3.54.